The molecule has 3 atom stereocenters. The van der Waals surface area contributed by atoms with Crippen molar-refractivity contribution in [2.24, 2.45) is 4.99 Å². The first kappa shape index (κ1) is 27.9. The molecule has 2 heterocycles. The van der Waals surface area contributed by atoms with Gasteiger partial charge in [-0.1, -0.05) is 42.5 Å². The number of ether oxygens (including phenoxy) is 2. The molecule has 0 spiro atoms. The monoisotopic (exact) mass is 539 g/mol. The van der Waals surface area contributed by atoms with Gasteiger partial charge in [-0.15, -0.1) is 0 Å². The lowest BCUT2D eigenvalue weighted by Crippen LogP contribution is -2.41. The Balaban J connectivity index is 1.53. The number of nitrogens with zero attached hydrogens (tertiary/aromatic N) is 3. The van der Waals surface area contributed by atoms with Gasteiger partial charge in [-0.2, -0.15) is 0 Å². The van der Waals surface area contributed by atoms with Crippen LogP contribution in [0.3, 0.4) is 0 Å². The number of rotatable bonds is 8. The molecule has 2 aliphatic heterocycles. The van der Waals surface area contributed by atoms with Gasteiger partial charge in [-0.05, 0) is 93.6 Å². The maximum Gasteiger partial charge on any atom is 0.232 e. The highest BCUT2D eigenvalue weighted by molar-refractivity contribution is 5.98. The zero-order valence-electron chi connectivity index (χ0n) is 24.6. The van der Waals surface area contributed by atoms with Gasteiger partial charge in [-0.3, -0.25) is 14.7 Å². The van der Waals surface area contributed by atoms with Crippen molar-refractivity contribution in [2.45, 2.75) is 71.2 Å². The second-order valence-corrected chi connectivity index (χ2v) is 11.2. The molecular weight excluding hydrogens is 498 g/mol. The molecule has 0 bridgehead atoms. The molecule has 40 heavy (non-hydrogen) atoms. The summed E-state index contributed by atoms with van der Waals surface area (Å²) in [6.45, 7) is 9.49. The Kier molecular flexibility index (Phi) is 8.27. The summed E-state index contributed by atoms with van der Waals surface area (Å²) in [6, 6.07) is 23.2. The minimum atomic E-state index is -0.271. The number of amides is 1. The van der Waals surface area contributed by atoms with Crippen LogP contribution in [-0.2, 0) is 11.2 Å². The van der Waals surface area contributed by atoms with Gasteiger partial charge in [-0.25, -0.2) is 0 Å². The van der Waals surface area contributed by atoms with Crippen molar-refractivity contribution in [2.75, 3.05) is 25.6 Å². The minimum Gasteiger partial charge on any atom is -0.493 e. The van der Waals surface area contributed by atoms with Gasteiger partial charge >= 0.3 is 0 Å². The molecule has 1 amide bonds. The van der Waals surface area contributed by atoms with Gasteiger partial charge in [0.2, 0.25) is 5.91 Å². The molecule has 0 aliphatic carbocycles. The number of methoxy groups -OCH3 is 1. The predicted octanol–water partition coefficient (Wildman–Crippen LogP) is 6.78. The van der Waals surface area contributed by atoms with E-state index in [0.29, 0.717) is 24.0 Å². The average molecular weight is 540 g/mol. The summed E-state index contributed by atoms with van der Waals surface area (Å²) in [5, 5.41) is 0. The molecule has 3 aromatic rings. The lowest BCUT2D eigenvalue weighted by molar-refractivity contribution is -0.118. The molecule has 6 heteroatoms. The highest BCUT2D eigenvalue weighted by Crippen LogP contribution is 2.44. The van der Waals surface area contributed by atoms with Crippen LogP contribution in [-0.4, -0.2) is 49.4 Å². The minimum absolute atomic E-state index is 0.000533. The van der Waals surface area contributed by atoms with E-state index in [-0.39, 0.29) is 24.1 Å². The average Bonchev–Trinajstić information content (AvgIpc) is 3.46. The maximum absolute atomic E-state index is 13.8. The van der Waals surface area contributed by atoms with E-state index in [0.717, 1.165) is 35.3 Å². The van der Waals surface area contributed by atoms with Crippen molar-refractivity contribution in [1.29, 1.82) is 0 Å². The Morgan fingerprint density at radius 1 is 1.00 bits per heavy atom. The third-order valence-electron chi connectivity index (χ3n) is 8.35. The highest BCUT2D eigenvalue weighted by Gasteiger charge is 2.36. The van der Waals surface area contributed by atoms with Gasteiger partial charge in [0.1, 0.15) is 0 Å². The fraction of sp³-hybridized carbons (Fsp3) is 0.412. The number of aliphatic imine (C=N–C) groups is 1. The van der Waals surface area contributed by atoms with E-state index in [1.54, 1.807) is 7.11 Å². The largest absolute Gasteiger partial charge is 0.493 e. The van der Waals surface area contributed by atoms with Crippen molar-refractivity contribution in [1.82, 2.24) is 4.90 Å². The highest BCUT2D eigenvalue weighted by atomic mass is 16.5. The van der Waals surface area contributed by atoms with E-state index in [1.807, 2.05) is 50.1 Å². The van der Waals surface area contributed by atoms with E-state index in [2.05, 4.69) is 66.2 Å². The van der Waals surface area contributed by atoms with E-state index < -0.39 is 0 Å². The first-order chi connectivity index (χ1) is 19.3. The van der Waals surface area contributed by atoms with Crippen LogP contribution in [0.4, 0.5) is 5.69 Å². The van der Waals surface area contributed by atoms with E-state index in [1.165, 1.54) is 17.7 Å². The molecule has 1 fully saturated rings. The summed E-state index contributed by atoms with van der Waals surface area (Å²) in [7, 11) is 3.53. The molecule has 0 aromatic heterocycles. The number of hydrogen-bond donors (Lipinski definition) is 0. The van der Waals surface area contributed by atoms with Crippen LogP contribution in [0.25, 0.3) is 0 Å². The third kappa shape index (κ3) is 5.37. The molecule has 0 radical (unpaired) electrons. The zero-order chi connectivity index (χ0) is 28.4. The van der Waals surface area contributed by atoms with Crippen molar-refractivity contribution >= 4 is 17.3 Å². The standard InChI is InChI=1S/C34H41N3O3/c1-22(2)40-32-21-29-27(19-31(32)39-6)20-33(38)37(34(29)26-11-8-7-9-12-26)28-16-14-25(15-17-28)24(4)36-18-10-13-30(36)23(3)35-5/h7-9,11-12,14-17,19,21-22,24,30,34H,10,13,18,20H2,1-6H3. The quantitative estimate of drug-likeness (QED) is 0.296. The second-order valence-electron chi connectivity index (χ2n) is 11.2. The summed E-state index contributed by atoms with van der Waals surface area (Å²) in [5.74, 6) is 1.42. The van der Waals surface area contributed by atoms with Crippen LogP contribution in [0.2, 0.25) is 0 Å². The Labute approximate surface area is 238 Å². The number of carbonyl (C=O) groups is 1. The van der Waals surface area contributed by atoms with Crippen LogP contribution in [0.1, 0.15) is 74.9 Å². The summed E-state index contributed by atoms with van der Waals surface area (Å²) < 4.78 is 11.8. The summed E-state index contributed by atoms with van der Waals surface area (Å²) >= 11 is 0. The number of hydrogen-bond acceptors (Lipinski definition) is 5. The maximum atomic E-state index is 13.8. The number of carbonyl (C=O) groups excluding carboxylic acids is 1. The van der Waals surface area contributed by atoms with E-state index >= 15 is 0 Å². The van der Waals surface area contributed by atoms with Gasteiger partial charge in [0, 0.05) is 30.5 Å². The van der Waals surface area contributed by atoms with Crippen LogP contribution < -0.4 is 14.4 Å². The number of anilines is 1. The molecular formula is C34H41N3O3. The lowest BCUT2D eigenvalue weighted by Gasteiger charge is -2.38. The third-order valence-corrected chi connectivity index (χ3v) is 8.35. The van der Waals surface area contributed by atoms with Gasteiger partial charge < -0.3 is 14.4 Å². The topological polar surface area (TPSA) is 54.4 Å². The molecule has 5 rings (SSSR count). The number of fused-ring (bicyclic) bond motifs is 1. The molecule has 0 N–H and O–H groups in total. The first-order valence-corrected chi connectivity index (χ1v) is 14.4. The van der Waals surface area contributed by atoms with Gasteiger partial charge in [0.25, 0.3) is 0 Å². The molecule has 1 saturated heterocycles. The molecule has 6 nitrogen and oxygen atoms in total. The SMILES string of the molecule is CN=C(C)C1CCCN1C(C)c1ccc(N2C(=O)Cc3cc(OC)c(OC(C)C)cc3C2c2ccccc2)cc1. The molecule has 3 unspecified atom stereocenters. The normalized spacial score (nSPS) is 20.5. The Morgan fingerprint density at radius 3 is 2.38 bits per heavy atom. The van der Waals surface area contributed by atoms with Crippen LogP contribution in [0.5, 0.6) is 11.5 Å². The molecule has 2 aliphatic rings. The summed E-state index contributed by atoms with van der Waals surface area (Å²) in [4.78, 5) is 22.8. The van der Waals surface area contributed by atoms with Crippen molar-refractivity contribution in [3.63, 3.8) is 0 Å². The summed E-state index contributed by atoms with van der Waals surface area (Å²) in [5.41, 5.74) is 6.44. The number of likely N-dealkylation sites (tertiary alicyclic amines) is 1. The van der Waals surface area contributed by atoms with Gasteiger partial charge in [0.05, 0.1) is 25.7 Å². The number of benzene rings is 3. The van der Waals surface area contributed by atoms with E-state index in [9.17, 15) is 4.79 Å². The summed E-state index contributed by atoms with van der Waals surface area (Å²) in [6.07, 6.45) is 2.65. The van der Waals surface area contributed by atoms with Gasteiger partial charge in [0.15, 0.2) is 11.5 Å². The molecule has 0 saturated carbocycles. The zero-order valence-corrected chi connectivity index (χ0v) is 24.6. The van der Waals surface area contributed by atoms with Crippen molar-refractivity contribution < 1.29 is 14.3 Å². The van der Waals surface area contributed by atoms with E-state index in [4.69, 9.17) is 9.47 Å². The fourth-order valence-electron chi connectivity index (χ4n) is 6.27. The Bertz CT molecular complexity index is 1370. The second kappa shape index (κ2) is 11.8. The lowest BCUT2D eigenvalue weighted by atomic mass is 9.86. The Morgan fingerprint density at radius 2 is 1.73 bits per heavy atom. The molecule has 3 aromatic carbocycles. The van der Waals surface area contributed by atoms with Crippen LogP contribution in [0, 0.1) is 0 Å². The molecule has 210 valence electrons. The first-order valence-electron chi connectivity index (χ1n) is 14.4. The van der Waals surface area contributed by atoms with Crippen LogP contribution in [0.15, 0.2) is 71.7 Å². The predicted molar refractivity (Wildman–Crippen MR) is 162 cm³/mol. The van der Waals surface area contributed by atoms with Crippen LogP contribution >= 0.6 is 0 Å². The van der Waals surface area contributed by atoms with Crippen molar-refractivity contribution in [3.8, 4) is 11.5 Å². The Hall–Kier alpha value is -3.64. The smallest absolute Gasteiger partial charge is 0.232 e. The fourth-order valence-corrected chi connectivity index (χ4v) is 6.27. The van der Waals surface area contributed by atoms with Crippen molar-refractivity contribution in [3.05, 3.63) is 89.0 Å².